The van der Waals surface area contributed by atoms with Gasteiger partial charge in [0.25, 0.3) is 0 Å². The van der Waals surface area contributed by atoms with E-state index in [1.807, 2.05) is 61.5 Å². The molecule has 0 bridgehead atoms. The third-order valence-electron chi connectivity index (χ3n) is 4.73. The van der Waals surface area contributed by atoms with E-state index in [0.717, 1.165) is 27.7 Å². The van der Waals surface area contributed by atoms with E-state index in [0.29, 0.717) is 0 Å². The number of carbonyl (C=O) groups is 1. The van der Waals surface area contributed by atoms with Gasteiger partial charge in [-0.1, -0.05) is 58.4 Å². The Bertz CT molecular complexity index is 1140. The maximum absolute atomic E-state index is 13.2. The van der Waals surface area contributed by atoms with E-state index in [1.165, 1.54) is 12.1 Å². The Kier molecular flexibility index (Phi) is 7.59. The lowest BCUT2D eigenvalue weighted by Crippen LogP contribution is -2.48. The van der Waals surface area contributed by atoms with Crippen molar-refractivity contribution in [2.75, 3.05) is 0 Å². The van der Waals surface area contributed by atoms with Crippen LogP contribution in [0.15, 0.2) is 88.2 Å². The van der Waals surface area contributed by atoms with E-state index in [9.17, 15) is 17.6 Å². The molecule has 0 saturated carbocycles. The maximum Gasteiger partial charge on any atom is 0.241 e. The van der Waals surface area contributed by atoms with Crippen molar-refractivity contribution >= 4 is 31.9 Å². The van der Waals surface area contributed by atoms with Crippen LogP contribution in [0.25, 0.3) is 0 Å². The molecule has 3 aromatic rings. The van der Waals surface area contributed by atoms with Gasteiger partial charge in [0.1, 0.15) is 11.9 Å². The largest absolute Gasteiger partial charge is 0.348 e. The monoisotopic (exact) mass is 504 g/mol. The van der Waals surface area contributed by atoms with Crippen LogP contribution in [0.5, 0.6) is 0 Å². The maximum atomic E-state index is 13.2. The third kappa shape index (κ3) is 6.46. The molecule has 0 radical (unpaired) electrons. The summed E-state index contributed by atoms with van der Waals surface area (Å²) in [4.78, 5) is 13.0. The SMILES string of the molecule is C[C@@H](NC(=O)[C@@H](Cc1ccccc1)NS(=O)(=O)c1ccc(F)cc1)c1cccc(Br)c1. The quantitative estimate of drug-likeness (QED) is 0.478. The molecule has 0 aromatic heterocycles. The molecule has 0 unspecified atom stereocenters. The van der Waals surface area contributed by atoms with Crippen molar-refractivity contribution in [2.45, 2.75) is 30.3 Å². The third-order valence-corrected chi connectivity index (χ3v) is 6.71. The average Bonchev–Trinajstić information content (AvgIpc) is 2.74. The van der Waals surface area contributed by atoms with Crippen LogP contribution in [0.4, 0.5) is 4.39 Å². The molecule has 0 aliphatic heterocycles. The number of hydrogen-bond acceptors (Lipinski definition) is 3. The van der Waals surface area contributed by atoms with Gasteiger partial charge in [0.15, 0.2) is 0 Å². The fraction of sp³-hybridized carbons (Fsp3) is 0.174. The number of halogens is 2. The van der Waals surface area contributed by atoms with Gasteiger partial charge in [0, 0.05) is 4.47 Å². The molecule has 2 N–H and O–H groups in total. The molecule has 31 heavy (non-hydrogen) atoms. The number of benzene rings is 3. The Labute approximate surface area is 189 Å². The van der Waals surface area contributed by atoms with Crippen molar-refractivity contribution in [3.8, 4) is 0 Å². The summed E-state index contributed by atoms with van der Waals surface area (Å²) in [5.41, 5.74) is 1.68. The van der Waals surface area contributed by atoms with Crippen molar-refractivity contribution in [3.63, 3.8) is 0 Å². The minimum absolute atomic E-state index is 0.111. The number of nitrogens with one attached hydrogen (secondary N) is 2. The highest BCUT2D eigenvalue weighted by Gasteiger charge is 2.27. The van der Waals surface area contributed by atoms with Crippen LogP contribution in [-0.4, -0.2) is 20.4 Å². The molecule has 3 aromatic carbocycles. The predicted octanol–water partition coefficient (Wildman–Crippen LogP) is 4.36. The molecule has 0 saturated heterocycles. The summed E-state index contributed by atoms with van der Waals surface area (Å²) in [7, 11) is -4.03. The highest BCUT2D eigenvalue weighted by Crippen LogP contribution is 2.19. The summed E-state index contributed by atoms with van der Waals surface area (Å²) < 4.78 is 42.2. The fourth-order valence-electron chi connectivity index (χ4n) is 3.08. The second kappa shape index (κ2) is 10.2. The van der Waals surface area contributed by atoms with Gasteiger partial charge < -0.3 is 5.32 Å². The van der Waals surface area contributed by atoms with Gasteiger partial charge in [-0.15, -0.1) is 0 Å². The minimum atomic E-state index is -4.03. The van der Waals surface area contributed by atoms with Crippen molar-refractivity contribution < 1.29 is 17.6 Å². The molecule has 1 amide bonds. The van der Waals surface area contributed by atoms with Crippen molar-refractivity contribution in [2.24, 2.45) is 0 Å². The zero-order chi connectivity index (χ0) is 22.4. The van der Waals surface area contributed by atoms with Crippen LogP contribution in [-0.2, 0) is 21.2 Å². The first-order chi connectivity index (χ1) is 14.7. The molecule has 0 spiro atoms. The Morgan fingerprint density at radius 1 is 1.00 bits per heavy atom. The number of hydrogen-bond donors (Lipinski definition) is 2. The van der Waals surface area contributed by atoms with Crippen LogP contribution in [0.3, 0.4) is 0 Å². The van der Waals surface area contributed by atoms with Gasteiger partial charge in [-0.3, -0.25) is 4.79 Å². The summed E-state index contributed by atoms with van der Waals surface area (Å²) >= 11 is 3.41. The summed E-state index contributed by atoms with van der Waals surface area (Å²) in [6, 6.07) is 19.7. The zero-order valence-electron chi connectivity index (χ0n) is 16.8. The van der Waals surface area contributed by atoms with Crippen LogP contribution < -0.4 is 10.0 Å². The molecule has 3 rings (SSSR count). The smallest absolute Gasteiger partial charge is 0.241 e. The topological polar surface area (TPSA) is 75.3 Å². The number of carbonyl (C=O) groups excluding carboxylic acids is 1. The van der Waals surface area contributed by atoms with Crippen LogP contribution in [0.2, 0.25) is 0 Å². The number of amides is 1. The van der Waals surface area contributed by atoms with E-state index in [2.05, 4.69) is 26.0 Å². The molecular formula is C23H22BrFN2O3S. The molecule has 0 aliphatic rings. The number of rotatable bonds is 8. The minimum Gasteiger partial charge on any atom is -0.348 e. The first-order valence-electron chi connectivity index (χ1n) is 9.62. The van der Waals surface area contributed by atoms with Gasteiger partial charge in [0.05, 0.1) is 10.9 Å². The highest BCUT2D eigenvalue weighted by atomic mass is 79.9. The molecule has 162 valence electrons. The van der Waals surface area contributed by atoms with Crippen LogP contribution >= 0.6 is 15.9 Å². The van der Waals surface area contributed by atoms with E-state index in [1.54, 1.807) is 0 Å². The molecule has 5 nitrogen and oxygen atoms in total. The highest BCUT2D eigenvalue weighted by molar-refractivity contribution is 9.10. The van der Waals surface area contributed by atoms with Crippen molar-refractivity contribution in [1.29, 1.82) is 0 Å². The van der Waals surface area contributed by atoms with Crippen molar-refractivity contribution in [1.82, 2.24) is 10.0 Å². The molecule has 8 heteroatoms. The standard InChI is InChI=1S/C23H22BrFN2O3S/c1-16(18-8-5-9-19(24)15-18)26-23(28)22(14-17-6-3-2-4-7-17)27-31(29,30)21-12-10-20(25)11-13-21/h2-13,15-16,22,27H,14H2,1H3,(H,26,28)/t16-,22-/m1/s1. The Hall–Kier alpha value is -2.55. The summed E-state index contributed by atoms with van der Waals surface area (Å²) in [6.45, 7) is 1.83. The lowest BCUT2D eigenvalue weighted by Gasteiger charge is -2.22. The van der Waals surface area contributed by atoms with Crippen LogP contribution in [0.1, 0.15) is 24.1 Å². The summed E-state index contributed by atoms with van der Waals surface area (Å²) in [5, 5.41) is 2.88. The van der Waals surface area contributed by atoms with Gasteiger partial charge >= 0.3 is 0 Å². The molecular weight excluding hydrogens is 483 g/mol. The van der Waals surface area contributed by atoms with Crippen molar-refractivity contribution in [3.05, 3.63) is 100 Å². The van der Waals surface area contributed by atoms with E-state index in [-0.39, 0.29) is 17.4 Å². The first kappa shape index (κ1) is 23.1. The van der Waals surface area contributed by atoms with E-state index in [4.69, 9.17) is 0 Å². The normalized spacial score (nSPS) is 13.4. The van der Waals surface area contributed by atoms with Gasteiger partial charge in [0.2, 0.25) is 15.9 Å². The summed E-state index contributed by atoms with van der Waals surface area (Å²) in [5.74, 6) is -0.998. The lowest BCUT2D eigenvalue weighted by molar-refractivity contribution is -0.123. The predicted molar refractivity (Wildman–Crippen MR) is 121 cm³/mol. The Morgan fingerprint density at radius 3 is 2.32 bits per heavy atom. The molecule has 0 aliphatic carbocycles. The molecule has 0 heterocycles. The molecule has 0 fully saturated rings. The average molecular weight is 505 g/mol. The Balaban J connectivity index is 1.83. The fourth-order valence-corrected chi connectivity index (χ4v) is 4.69. The summed E-state index contributed by atoms with van der Waals surface area (Å²) in [6.07, 6.45) is 0.165. The van der Waals surface area contributed by atoms with Gasteiger partial charge in [-0.25, -0.2) is 12.8 Å². The second-order valence-electron chi connectivity index (χ2n) is 7.10. The van der Waals surface area contributed by atoms with Gasteiger partial charge in [-0.2, -0.15) is 4.72 Å². The first-order valence-corrected chi connectivity index (χ1v) is 11.9. The van der Waals surface area contributed by atoms with Gasteiger partial charge in [-0.05, 0) is 60.9 Å². The van der Waals surface area contributed by atoms with E-state index < -0.39 is 27.8 Å². The number of sulfonamides is 1. The molecule has 2 atom stereocenters. The lowest BCUT2D eigenvalue weighted by atomic mass is 10.0. The Morgan fingerprint density at radius 2 is 1.68 bits per heavy atom. The van der Waals surface area contributed by atoms with E-state index >= 15 is 0 Å². The zero-order valence-corrected chi connectivity index (χ0v) is 19.2. The van der Waals surface area contributed by atoms with Crippen LogP contribution in [0, 0.1) is 5.82 Å². The second-order valence-corrected chi connectivity index (χ2v) is 9.73.